The molecule has 0 aliphatic heterocycles. The lowest BCUT2D eigenvalue weighted by Gasteiger charge is -2.29. The van der Waals surface area contributed by atoms with E-state index in [2.05, 4.69) is 0 Å². The molecule has 0 aromatic heterocycles. The summed E-state index contributed by atoms with van der Waals surface area (Å²) in [6, 6.07) is 5.27. The lowest BCUT2D eigenvalue weighted by atomic mass is 9.76. The van der Waals surface area contributed by atoms with E-state index in [1.807, 2.05) is 0 Å². The Kier molecular flexibility index (Phi) is 4.04. The Hall–Kier alpha value is -1.53. The molecular formula is C14H12F6O. The van der Waals surface area contributed by atoms with Crippen LogP contribution >= 0.6 is 0 Å². The molecule has 0 amide bonds. The minimum absolute atomic E-state index is 0.132. The van der Waals surface area contributed by atoms with E-state index in [0.717, 1.165) is 12.5 Å². The Morgan fingerprint density at radius 3 is 1.95 bits per heavy atom. The molecule has 1 aliphatic carbocycles. The number of benzene rings is 1. The minimum atomic E-state index is -5.65. The summed E-state index contributed by atoms with van der Waals surface area (Å²) in [4.78, 5) is 11.9. The molecule has 116 valence electrons. The molecule has 0 saturated heterocycles. The van der Waals surface area contributed by atoms with Gasteiger partial charge >= 0.3 is 12.4 Å². The number of ketones is 1. The van der Waals surface area contributed by atoms with E-state index in [9.17, 15) is 31.1 Å². The van der Waals surface area contributed by atoms with Crippen LogP contribution in [0.3, 0.4) is 0 Å². The highest BCUT2D eigenvalue weighted by Crippen LogP contribution is 2.44. The molecule has 1 aromatic rings. The Morgan fingerprint density at radius 2 is 1.52 bits per heavy atom. The molecule has 0 bridgehead atoms. The van der Waals surface area contributed by atoms with Crippen molar-refractivity contribution in [3.8, 4) is 0 Å². The van der Waals surface area contributed by atoms with Crippen molar-refractivity contribution >= 4 is 5.78 Å². The summed E-state index contributed by atoms with van der Waals surface area (Å²) in [5, 5.41) is 0. The van der Waals surface area contributed by atoms with Gasteiger partial charge in [0, 0.05) is 5.56 Å². The van der Waals surface area contributed by atoms with Gasteiger partial charge in [-0.2, -0.15) is 26.3 Å². The predicted octanol–water partition coefficient (Wildman–Crippen LogP) is 4.88. The summed E-state index contributed by atoms with van der Waals surface area (Å²) in [5.41, 5.74) is -0.186. The van der Waals surface area contributed by atoms with Gasteiger partial charge in [-0.15, -0.1) is 0 Å². The van der Waals surface area contributed by atoms with Crippen molar-refractivity contribution in [2.24, 2.45) is 5.92 Å². The van der Waals surface area contributed by atoms with Crippen molar-refractivity contribution < 1.29 is 31.1 Å². The van der Waals surface area contributed by atoms with E-state index in [1.54, 1.807) is 0 Å². The summed E-state index contributed by atoms with van der Waals surface area (Å²) >= 11 is 0. The second kappa shape index (κ2) is 5.35. The van der Waals surface area contributed by atoms with Gasteiger partial charge in [0.2, 0.25) is 5.92 Å². The van der Waals surface area contributed by atoms with Crippen LogP contribution in [-0.2, 0) is 0 Å². The van der Waals surface area contributed by atoms with Crippen LogP contribution in [-0.4, -0.2) is 18.1 Å². The number of rotatable bonds is 3. The Morgan fingerprint density at radius 1 is 1.00 bits per heavy atom. The SMILES string of the molecule is O=C(c1ccccc1C1CCC1)C(C(F)(F)F)C(F)(F)F. The predicted molar refractivity (Wildman–Crippen MR) is 63.0 cm³/mol. The number of alkyl halides is 6. The highest BCUT2D eigenvalue weighted by molar-refractivity contribution is 6.00. The number of hydrogen-bond donors (Lipinski definition) is 0. The molecule has 1 fully saturated rings. The van der Waals surface area contributed by atoms with E-state index < -0.39 is 29.6 Å². The van der Waals surface area contributed by atoms with Gasteiger partial charge in [0.15, 0.2) is 5.78 Å². The molecule has 2 rings (SSSR count). The fourth-order valence-electron chi connectivity index (χ4n) is 2.44. The molecule has 7 heteroatoms. The van der Waals surface area contributed by atoms with Crippen LogP contribution in [0.2, 0.25) is 0 Å². The smallest absolute Gasteiger partial charge is 0.293 e. The molecule has 1 saturated carbocycles. The van der Waals surface area contributed by atoms with Crippen LogP contribution in [0.15, 0.2) is 24.3 Å². The maximum atomic E-state index is 12.6. The lowest BCUT2D eigenvalue weighted by Crippen LogP contribution is -2.42. The molecule has 0 spiro atoms. The van der Waals surface area contributed by atoms with E-state index in [1.165, 1.54) is 18.2 Å². The molecule has 21 heavy (non-hydrogen) atoms. The number of halogens is 6. The van der Waals surface area contributed by atoms with Gasteiger partial charge in [-0.3, -0.25) is 4.79 Å². The largest absolute Gasteiger partial charge is 0.407 e. The van der Waals surface area contributed by atoms with E-state index in [4.69, 9.17) is 0 Å². The molecule has 0 atom stereocenters. The van der Waals surface area contributed by atoms with Gasteiger partial charge in [-0.1, -0.05) is 30.7 Å². The first-order chi connectivity index (χ1) is 9.62. The summed E-state index contributed by atoms with van der Waals surface area (Å²) in [7, 11) is 0. The van der Waals surface area contributed by atoms with Crippen LogP contribution in [0, 0.1) is 5.92 Å². The molecule has 1 aliphatic rings. The average Bonchev–Trinajstić information content (AvgIpc) is 2.23. The molecule has 1 aromatic carbocycles. The fraction of sp³-hybridized carbons (Fsp3) is 0.500. The molecule has 0 N–H and O–H groups in total. The second-order valence-corrected chi connectivity index (χ2v) is 5.10. The maximum absolute atomic E-state index is 12.6. The topological polar surface area (TPSA) is 17.1 Å². The van der Waals surface area contributed by atoms with Crippen molar-refractivity contribution in [3.05, 3.63) is 35.4 Å². The fourth-order valence-corrected chi connectivity index (χ4v) is 2.44. The van der Waals surface area contributed by atoms with Gasteiger partial charge in [0.1, 0.15) is 0 Å². The Labute approximate surface area is 116 Å². The molecule has 1 nitrogen and oxygen atoms in total. The van der Waals surface area contributed by atoms with Crippen LogP contribution in [0.1, 0.15) is 41.1 Å². The van der Waals surface area contributed by atoms with E-state index >= 15 is 0 Å². The third-order valence-electron chi connectivity index (χ3n) is 3.69. The number of carbonyl (C=O) groups is 1. The zero-order valence-electron chi connectivity index (χ0n) is 10.8. The quantitative estimate of drug-likeness (QED) is 0.574. The Balaban J connectivity index is 2.42. The first kappa shape index (κ1) is 15.9. The van der Waals surface area contributed by atoms with E-state index in [0.29, 0.717) is 12.8 Å². The number of hydrogen-bond acceptors (Lipinski definition) is 1. The van der Waals surface area contributed by atoms with Gasteiger partial charge in [0.05, 0.1) is 0 Å². The summed E-state index contributed by atoms with van der Waals surface area (Å²) < 4.78 is 75.8. The third kappa shape index (κ3) is 3.22. The van der Waals surface area contributed by atoms with Crippen molar-refractivity contribution in [1.29, 1.82) is 0 Å². The molecular weight excluding hydrogens is 298 g/mol. The van der Waals surface area contributed by atoms with Crippen molar-refractivity contribution in [2.75, 3.05) is 0 Å². The standard InChI is InChI=1S/C14H12F6O/c15-13(16,17)12(14(18,19)20)11(21)10-7-2-1-6-9(10)8-4-3-5-8/h1-2,6-8,12H,3-5H2. The Bertz CT molecular complexity index is 513. The van der Waals surface area contributed by atoms with Crippen LogP contribution in [0.25, 0.3) is 0 Å². The van der Waals surface area contributed by atoms with Crippen LogP contribution < -0.4 is 0 Å². The normalized spacial score (nSPS) is 16.9. The molecule has 0 unspecified atom stereocenters. The van der Waals surface area contributed by atoms with Crippen LogP contribution in [0.5, 0.6) is 0 Å². The maximum Gasteiger partial charge on any atom is 0.407 e. The highest BCUT2D eigenvalue weighted by atomic mass is 19.4. The van der Waals surface area contributed by atoms with Crippen molar-refractivity contribution in [1.82, 2.24) is 0 Å². The lowest BCUT2D eigenvalue weighted by molar-refractivity contribution is -0.264. The summed E-state index contributed by atoms with van der Waals surface area (Å²) in [6.07, 6.45) is -9.10. The zero-order chi connectivity index (χ0) is 15.8. The third-order valence-corrected chi connectivity index (χ3v) is 3.69. The summed E-state index contributed by atoms with van der Waals surface area (Å²) in [5.74, 6) is -6.02. The van der Waals surface area contributed by atoms with Gasteiger partial charge in [0.25, 0.3) is 0 Å². The van der Waals surface area contributed by atoms with Crippen LogP contribution in [0.4, 0.5) is 26.3 Å². The van der Waals surface area contributed by atoms with E-state index in [-0.39, 0.29) is 11.5 Å². The molecule has 0 radical (unpaired) electrons. The monoisotopic (exact) mass is 310 g/mol. The second-order valence-electron chi connectivity index (χ2n) is 5.10. The minimum Gasteiger partial charge on any atom is -0.293 e. The first-order valence-electron chi connectivity index (χ1n) is 6.39. The van der Waals surface area contributed by atoms with Gasteiger partial charge < -0.3 is 0 Å². The highest BCUT2D eigenvalue weighted by Gasteiger charge is 2.61. The summed E-state index contributed by atoms with van der Waals surface area (Å²) in [6.45, 7) is 0. The van der Waals surface area contributed by atoms with Crippen molar-refractivity contribution in [3.63, 3.8) is 0 Å². The van der Waals surface area contributed by atoms with Gasteiger partial charge in [-0.05, 0) is 24.3 Å². The number of carbonyl (C=O) groups excluding carboxylic acids is 1. The molecule has 0 heterocycles. The number of Topliss-reactive ketones (excluding diaryl/α,β-unsaturated/α-hetero) is 1. The first-order valence-corrected chi connectivity index (χ1v) is 6.39. The van der Waals surface area contributed by atoms with Gasteiger partial charge in [-0.25, -0.2) is 0 Å². The zero-order valence-corrected chi connectivity index (χ0v) is 10.8. The average molecular weight is 310 g/mol. The van der Waals surface area contributed by atoms with Crippen molar-refractivity contribution in [2.45, 2.75) is 37.5 Å².